The second-order valence-electron chi connectivity index (χ2n) is 6.30. The fraction of sp³-hybridized carbons (Fsp3) is 0.200. The Morgan fingerprint density at radius 1 is 1.04 bits per heavy atom. The number of nitrogens with zero attached hydrogens (tertiary/aromatic N) is 3. The van der Waals surface area contributed by atoms with Crippen LogP contribution >= 0.6 is 0 Å². The van der Waals surface area contributed by atoms with Crippen molar-refractivity contribution >= 4 is 23.0 Å². The summed E-state index contributed by atoms with van der Waals surface area (Å²) in [6, 6.07) is 13.2. The van der Waals surface area contributed by atoms with Gasteiger partial charge in [0, 0.05) is 12.2 Å². The van der Waals surface area contributed by atoms with Crippen LogP contribution in [0, 0.1) is 24.0 Å². The minimum Gasteiger partial charge on any atom is -0.497 e. The van der Waals surface area contributed by atoms with Crippen molar-refractivity contribution in [3.63, 3.8) is 0 Å². The van der Waals surface area contributed by atoms with E-state index in [4.69, 9.17) is 4.74 Å². The van der Waals surface area contributed by atoms with Gasteiger partial charge in [0.1, 0.15) is 12.1 Å². The third kappa shape index (κ3) is 4.35. The molecule has 0 saturated heterocycles. The van der Waals surface area contributed by atoms with E-state index in [1.54, 1.807) is 7.11 Å². The zero-order valence-electron chi connectivity index (χ0n) is 15.9. The van der Waals surface area contributed by atoms with Gasteiger partial charge in [-0.25, -0.2) is 9.97 Å². The molecule has 0 aliphatic carbocycles. The Morgan fingerprint density at radius 3 is 2.39 bits per heavy atom. The van der Waals surface area contributed by atoms with E-state index in [1.165, 1.54) is 6.33 Å². The van der Waals surface area contributed by atoms with Crippen LogP contribution in [0.1, 0.15) is 16.7 Å². The summed E-state index contributed by atoms with van der Waals surface area (Å²) in [6.45, 7) is 4.37. The van der Waals surface area contributed by atoms with E-state index in [2.05, 4.69) is 20.6 Å². The van der Waals surface area contributed by atoms with Crippen LogP contribution in [0.25, 0.3) is 0 Å². The summed E-state index contributed by atoms with van der Waals surface area (Å²) < 4.78 is 5.13. The Bertz CT molecular complexity index is 990. The average molecular weight is 379 g/mol. The highest BCUT2D eigenvalue weighted by Crippen LogP contribution is 2.31. The van der Waals surface area contributed by atoms with E-state index >= 15 is 0 Å². The molecule has 0 aliphatic heterocycles. The van der Waals surface area contributed by atoms with Crippen LogP contribution in [0.3, 0.4) is 0 Å². The van der Waals surface area contributed by atoms with Crippen LogP contribution in [-0.2, 0) is 6.54 Å². The third-order valence-corrected chi connectivity index (χ3v) is 4.39. The van der Waals surface area contributed by atoms with Crippen LogP contribution in [0.15, 0.2) is 48.8 Å². The molecule has 0 radical (unpaired) electrons. The first-order chi connectivity index (χ1) is 13.5. The van der Waals surface area contributed by atoms with Gasteiger partial charge in [-0.15, -0.1) is 0 Å². The van der Waals surface area contributed by atoms with Crippen molar-refractivity contribution in [1.82, 2.24) is 9.97 Å². The summed E-state index contributed by atoms with van der Waals surface area (Å²) in [7, 11) is 1.60. The molecular weight excluding hydrogens is 358 g/mol. The minimum absolute atomic E-state index is 0.139. The van der Waals surface area contributed by atoms with Crippen molar-refractivity contribution in [2.45, 2.75) is 20.4 Å². The first-order valence-electron chi connectivity index (χ1n) is 8.68. The summed E-state index contributed by atoms with van der Waals surface area (Å²) in [5.74, 6) is 1.04. The standard InChI is InChI=1S/C20H21N5O3/c1-13-4-7-16(10-14(13)2)24-20-18(25(26)27)19(22-12-23-20)21-11-15-5-8-17(28-3)9-6-15/h4-10,12H,11H2,1-3H3,(H2,21,22,23,24). The number of anilines is 3. The Kier molecular flexibility index (Phi) is 5.69. The zero-order chi connectivity index (χ0) is 20.1. The fourth-order valence-electron chi connectivity index (χ4n) is 2.66. The van der Waals surface area contributed by atoms with Crippen molar-refractivity contribution in [1.29, 1.82) is 0 Å². The average Bonchev–Trinajstić information content (AvgIpc) is 2.69. The molecule has 0 aliphatic rings. The van der Waals surface area contributed by atoms with Gasteiger partial charge in [0.15, 0.2) is 0 Å². The normalized spacial score (nSPS) is 10.4. The molecule has 0 saturated carbocycles. The van der Waals surface area contributed by atoms with E-state index < -0.39 is 4.92 Å². The molecular formula is C20H21N5O3. The molecule has 8 heteroatoms. The molecule has 3 aromatic rings. The maximum Gasteiger partial charge on any atom is 0.353 e. The SMILES string of the molecule is COc1ccc(CNc2ncnc(Nc3ccc(C)c(C)c3)c2[N+](=O)[O-])cc1. The molecule has 1 heterocycles. The number of ether oxygens (including phenoxy) is 1. The van der Waals surface area contributed by atoms with E-state index in [0.717, 1.165) is 28.1 Å². The summed E-state index contributed by atoms with van der Waals surface area (Å²) in [5, 5.41) is 17.7. The molecule has 8 nitrogen and oxygen atoms in total. The molecule has 144 valence electrons. The van der Waals surface area contributed by atoms with Crippen molar-refractivity contribution in [2.24, 2.45) is 0 Å². The summed E-state index contributed by atoms with van der Waals surface area (Å²) in [5.41, 5.74) is 3.70. The highest BCUT2D eigenvalue weighted by molar-refractivity contribution is 5.74. The van der Waals surface area contributed by atoms with Gasteiger partial charge >= 0.3 is 5.69 Å². The van der Waals surface area contributed by atoms with Crippen LogP contribution < -0.4 is 15.4 Å². The molecule has 0 fully saturated rings. The lowest BCUT2D eigenvalue weighted by atomic mass is 10.1. The number of hydrogen-bond acceptors (Lipinski definition) is 7. The molecule has 3 rings (SSSR count). The predicted octanol–water partition coefficient (Wildman–Crippen LogP) is 4.37. The van der Waals surface area contributed by atoms with Crippen molar-refractivity contribution in [3.05, 3.63) is 75.6 Å². The minimum atomic E-state index is -0.486. The number of aryl methyl sites for hydroxylation is 2. The maximum atomic E-state index is 11.7. The Morgan fingerprint density at radius 2 is 1.75 bits per heavy atom. The lowest BCUT2D eigenvalue weighted by Gasteiger charge is -2.11. The summed E-state index contributed by atoms with van der Waals surface area (Å²) in [4.78, 5) is 19.3. The Hall–Kier alpha value is -3.68. The topological polar surface area (TPSA) is 102 Å². The van der Waals surface area contributed by atoms with Crippen molar-refractivity contribution in [3.8, 4) is 5.75 Å². The predicted molar refractivity (Wildman–Crippen MR) is 108 cm³/mol. The van der Waals surface area contributed by atoms with Crippen LogP contribution in [0.4, 0.5) is 23.0 Å². The van der Waals surface area contributed by atoms with Crippen molar-refractivity contribution < 1.29 is 9.66 Å². The lowest BCUT2D eigenvalue weighted by Crippen LogP contribution is -2.08. The second kappa shape index (κ2) is 8.34. The van der Waals surface area contributed by atoms with E-state index in [9.17, 15) is 10.1 Å². The molecule has 28 heavy (non-hydrogen) atoms. The van der Waals surface area contributed by atoms with E-state index in [1.807, 2.05) is 56.3 Å². The number of hydrogen-bond donors (Lipinski definition) is 2. The summed E-state index contributed by atoms with van der Waals surface area (Å²) in [6.07, 6.45) is 1.30. The smallest absolute Gasteiger partial charge is 0.353 e. The van der Waals surface area contributed by atoms with Gasteiger partial charge in [-0.3, -0.25) is 10.1 Å². The molecule has 1 aromatic heterocycles. The molecule has 2 N–H and O–H groups in total. The first kappa shape index (κ1) is 19.1. The highest BCUT2D eigenvalue weighted by Gasteiger charge is 2.23. The number of methoxy groups -OCH3 is 1. The van der Waals surface area contributed by atoms with Crippen LogP contribution in [0.5, 0.6) is 5.75 Å². The second-order valence-corrected chi connectivity index (χ2v) is 6.30. The summed E-state index contributed by atoms with van der Waals surface area (Å²) >= 11 is 0. The van der Waals surface area contributed by atoms with Crippen molar-refractivity contribution in [2.75, 3.05) is 17.7 Å². The van der Waals surface area contributed by atoms with Crippen LogP contribution in [0.2, 0.25) is 0 Å². The lowest BCUT2D eigenvalue weighted by molar-refractivity contribution is -0.383. The van der Waals surface area contributed by atoms with Gasteiger partial charge < -0.3 is 15.4 Å². The third-order valence-electron chi connectivity index (χ3n) is 4.39. The van der Waals surface area contributed by atoms with Gasteiger partial charge in [-0.05, 0) is 54.8 Å². The number of aromatic nitrogens is 2. The quantitative estimate of drug-likeness (QED) is 0.464. The van der Waals surface area contributed by atoms with Crippen LogP contribution in [-0.4, -0.2) is 22.0 Å². The maximum absolute atomic E-state index is 11.7. The molecule has 0 bridgehead atoms. The fourth-order valence-corrected chi connectivity index (χ4v) is 2.66. The first-order valence-corrected chi connectivity index (χ1v) is 8.68. The largest absolute Gasteiger partial charge is 0.497 e. The number of nitro groups is 1. The number of benzene rings is 2. The van der Waals surface area contributed by atoms with E-state index in [-0.39, 0.29) is 17.3 Å². The molecule has 0 unspecified atom stereocenters. The molecule has 0 atom stereocenters. The molecule has 2 aromatic carbocycles. The Balaban J connectivity index is 1.84. The molecule has 0 spiro atoms. The van der Waals surface area contributed by atoms with Gasteiger partial charge in [-0.1, -0.05) is 18.2 Å². The Labute approximate surface area is 162 Å². The van der Waals surface area contributed by atoms with E-state index in [0.29, 0.717) is 6.54 Å². The molecule has 0 amide bonds. The highest BCUT2D eigenvalue weighted by atomic mass is 16.6. The van der Waals surface area contributed by atoms with Gasteiger partial charge in [0.25, 0.3) is 0 Å². The van der Waals surface area contributed by atoms with Gasteiger partial charge in [0.05, 0.1) is 12.0 Å². The monoisotopic (exact) mass is 379 g/mol. The number of nitrogens with one attached hydrogen (secondary N) is 2. The zero-order valence-corrected chi connectivity index (χ0v) is 15.9. The number of rotatable bonds is 7. The van der Waals surface area contributed by atoms with Gasteiger partial charge in [0.2, 0.25) is 11.6 Å². The van der Waals surface area contributed by atoms with Gasteiger partial charge in [-0.2, -0.15) is 0 Å².